The third-order valence-corrected chi connectivity index (χ3v) is 3.31. The van der Waals surface area contributed by atoms with Crippen molar-refractivity contribution in [3.8, 4) is 0 Å². The third-order valence-electron chi connectivity index (χ3n) is 3.31. The summed E-state index contributed by atoms with van der Waals surface area (Å²) < 4.78 is 0. The van der Waals surface area contributed by atoms with E-state index in [9.17, 15) is 9.90 Å². The molecule has 0 aliphatic heterocycles. The Labute approximate surface area is 123 Å². The second-order valence-corrected chi connectivity index (χ2v) is 5.08. The molecule has 21 heavy (non-hydrogen) atoms. The zero-order valence-electron chi connectivity index (χ0n) is 12.2. The molecule has 2 N–H and O–H groups in total. The number of aromatic carboxylic acids is 1. The smallest absolute Gasteiger partial charge is 0.358 e. The van der Waals surface area contributed by atoms with E-state index < -0.39 is 5.97 Å². The van der Waals surface area contributed by atoms with Gasteiger partial charge in [-0.1, -0.05) is 18.2 Å². The van der Waals surface area contributed by atoms with Gasteiger partial charge in [-0.2, -0.15) is 0 Å². The first-order chi connectivity index (χ1) is 10.1. The normalized spacial score (nSPS) is 11.0. The van der Waals surface area contributed by atoms with Crippen molar-refractivity contribution in [2.24, 2.45) is 0 Å². The van der Waals surface area contributed by atoms with Crippen LogP contribution in [0.2, 0.25) is 0 Å². The summed E-state index contributed by atoms with van der Waals surface area (Å²) in [5.41, 5.74) is 1.17. The summed E-state index contributed by atoms with van der Waals surface area (Å²) in [4.78, 5) is 13.4. The van der Waals surface area contributed by atoms with Crippen molar-refractivity contribution >= 4 is 22.6 Å². The van der Waals surface area contributed by atoms with E-state index in [2.05, 4.69) is 10.2 Å². The summed E-state index contributed by atoms with van der Waals surface area (Å²) in [5.74, 6) is -1.10. The molecule has 0 saturated carbocycles. The molecule has 1 heterocycles. The molecule has 0 aliphatic carbocycles. The van der Waals surface area contributed by atoms with E-state index in [4.69, 9.17) is 5.11 Å². The van der Waals surface area contributed by atoms with Crippen LogP contribution in [0, 0.1) is 0 Å². The molecule has 0 bridgehead atoms. The Morgan fingerprint density at radius 2 is 2.00 bits per heavy atom. The van der Waals surface area contributed by atoms with Crippen LogP contribution in [0.4, 0.5) is 5.69 Å². The molecule has 112 valence electrons. The van der Waals surface area contributed by atoms with Crippen molar-refractivity contribution in [1.82, 2.24) is 10.2 Å². The first-order valence-corrected chi connectivity index (χ1v) is 6.92. The molecule has 0 aliphatic rings. The number of carbonyl (C=O) groups is 1. The maximum absolute atomic E-state index is 11.5. The van der Waals surface area contributed by atoms with E-state index in [-0.39, 0.29) is 18.3 Å². The lowest BCUT2D eigenvalue weighted by molar-refractivity contribution is 0.0690. The number of fused-ring (bicyclic) bond motifs is 1. The number of nitrogens with zero attached hydrogens (tertiary/aromatic N) is 3. The van der Waals surface area contributed by atoms with Crippen LogP contribution < -0.4 is 4.90 Å². The van der Waals surface area contributed by atoms with Gasteiger partial charge in [0.05, 0.1) is 11.2 Å². The molecule has 2 aromatic rings. The molecular formula is C15H19N3O3. The summed E-state index contributed by atoms with van der Waals surface area (Å²) >= 11 is 0. The SMILES string of the molecule is CC(C)N(CCCO)c1c(C(=O)O)nnc2ccccc12. The van der Waals surface area contributed by atoms with Crippen LogP contribution in [-0.4, -0.2) is 45.6 Å². The van der Waals surface area contributed by atoms with E-state index in [0.717, 1.165) is 5.39 Å². The average Bonchev–Trinajstić information content (AvgIpc) is 2.47. The molecule has 0 radical (unpaired) electrons. The molecule has 0 atom stereocenters. The van der Waals surface area contributed by atoms with E-state index in [0.29, 0.717) is 24.2 Å². The summed E-state index contributed by atoms with van der Waals surface area (Å²) in [5, 5.41) is 27.1. The van der Waals surface area contributed by atoms with Crippen LogP contribution in [0.3, 0.4) is 0 Å². The van der Waals surface area contributed by atoms with Gasteiger partial charge in [-0.3, -0.25) is 0 Å². The molecule has 1 aromatic heterocycles. The van der Waals surface area contributed by atoms with Gasteiger partial charge in [-0.25, -0.2) is 4.79 Å². The Balaban J connectivity index is 2.66. The Morgan fingerprint density at radius 1 is 1.29 bits per heavy atom. The molecule has 0 fully saturated rings. The minimum atomic E-state index is -1.10. The van der Waals surface area contributed by atoms with Crippen LogP contribution in [0.25, 0.3) is 10.9 Å². The lowest BCUT2D eigenvalue weighted by atomic mass is 10.1. The monoisotopic (exact) mass is 289 g/mol. The molecule has 0 amide bonds. The fourth-order valence-electron chi connectivity index (χ4n) is 2.34. The first kappa shape index (κ1) is 15.2. The highest BCUT2D eigenvalue weighted by atomic mass is 16.4. The fourth-order valence-corrected chi connectivity index (χ4v) is 2.34. The molecule has 0 saturated heterocycles. The number of carboxylic acid groups (broad SMARTS) is 1. The number of aromatic nitrogens is 2. The summed E-state index contributed by atoms with van der Waals surface area (Å²) in [6, 6.07) is 7.43. The second kappa shape index (κ2) is 6.49. The minimum Gasteiger partial charge on any atom is -0.476 e. The van der Waals surface area contributed by atoms with E-state index in [1.807, 2.05) is 43.0 Å². The maximum atomic E-state index is 11.5. The van der Waals surface area contributed by atoms with Gasteiger partial charge in [-0.05, 0) is 26.3 Å². The highest BCUT2D eigenvalue weighted by Gasteiger charge is 2.23. The summed E-state index contributed by atoms with van der Waals surface area (Å²) in [7, 11) is 0. The van der Waals surface area contributed by atoms with Crippen LogP contribution in [0.15, 0.2) is 24.3 Å². The number of aliphatic hydroxyl groups is 1. The zero-order chi connectivity index (χ0) is 15.4. The van der Waals surface area contributed by atoms with Gasteiger partial charge in [-0.15, -0.1) is 10.2 Å². The van der Waals surface area contributed by atoms with Gasteiger partial charge in [0.25, 0.3) is 0 Å². The van der Waals surface area contributed by atoms with Crippen LogP contribution in [0.1, 0.15) is 30.8 Å². The average molecular weight is 289 g/mol. The lowest BCUT2D eigenvalue weighted by Crippen LogP contribution is -2.34. The Kier molecular flexibility index (Phi) is 4.70. The molecule has 2 rings (SSSR count). The largest absolute Gasteiger partial charge is 0.476 e. The number of carboxylic acids is 1. The number of benzene rings is 1. The zero-order valence-corrected chi connectivity index (χ0v) is 12.2. The second-order valence-electron chi connectivity index (χ2n) is 5.08. The van der Waals surface area contributed by atoms with Gasteiger partial charge < -0.3 is 15.1 Å². The topological polar surface area (TPSA) is 86.5 Å². The molecule has 1 aromatic carbocycles. The number of rotatable bonds is 6. The number of anilines is 1. The number of aliphatic hydroxyl groups excluding tert-OH is 1. The first-order valence-electron chi connectivity index (χ1n) is 6.92. The maximum Gasteiger partial charge on any atom is 0.358 e. The highest BCUT2D eigenvalue weighted by Crippen LogP contribution is 2.29. The fraction of sp³-hybridized carbons (Fsp3) is 0.400. The number of hydrogen-bond donors (Lipinski definition) is 2. The van der Waals surface area contributed by atoms with Gasteiger partial charge in [0, 0.05) is 24.6 Å². The third kappa shape index (κ3) is 3.11. The van der Waals surface area contributed by atoms with E-state index in [1.165, 1.54) is 0 Å². The quantitative estimate of drug-likeness (QED) is 0.845. The van der Waals surface area contributed by atoms with Crippen LogP contribution in [0.5, 0.6) is 0 Å². The van der Waals surface area contributed by atoms with Crippen molar-refractivity contribution < 1.29 is 15.0 Å². The highest BCUT2D eigenvalue weighted by molar-refractivity contribution is 6.02. The van der Waals surface area contributed by atoms with Crippen molar-refractivity contribution in [3.63, 3.8) is 0 Å². The lowest BCUT2D eigenvalue weighted by Gasteiger charge is -2.30. The molecular weight excluding hydrogens is 270 g/mol. The molecule has 0 spiro atoms. The Morgan fingerprint density at radius 3 is 2.62 bits per heavy atom. The van der Waals surface area contributed by atoms with Crippen LogP contribution >= 0.6 is 0 Å². The van der Waals surface area contributed by atoms with Crippen molar-refractivity contribution in [3.05, 3.63) is 30.0 Å². The predicted molar refractivity (Wildman–Crippen MR) is 80.7 cm³/mol. The van der Waals surface area contributed by atoms with Crippen LogP contribution in [-0.2, 0) is 0 Å². The van der Waals surface area contributed by atoms with Gasteiger partial charge in [0.2, 0.25) is 0 Å². The molecule has 0 unspecified atom stereocenters. The number of hydrogen-bond acceptors (Lipinski definition) is 5. The summed E-state index contributed by atoms with van der Waals surface area (Å²) in [6.45, 7) is 4.59. The van der Waals surface area contributed by atoms with Gasteiger partial charge >= 0.3 is 5.97 Å². The predicted octanol–water partition coefficient (Wildman–Crippen LogP) is 1.93. The van der Waals surface area contributed by atoms with Gasteiger partial charge in [0.1, 0.15) is 0 Å². The van der Waals surface area contributed by atoms with Crippen molar-refractivity contribution in [2.45, 2.75) is 26.3 Å². The van der Waals surface area contributed by atoms with Gasteiger partial charge in [0.15, 0.2) is 5.69 Å². The standard InChI is InChI=1S/C15H19N3O3/c1-10(2)18(8-5-9-19)14-11-6-3-4-7-12(11)16-17-13(14)15(20)21/h3-4,6-7,10,19H,5,8-9H2,1-2H3,(H,20,21). The molecule has 6 nitrogen and oxygen atoms in total. The Bertz CT molecular complexity index is 643. The van der Waals surface area contributed by atoms with Crippen molar-refractivity contribution in [1.29, 1.82) is 0 Å². The molecule has 6 heteroatoms. The minimum absolute atomic E-state index is 0.0552. The van der Waals surface area contributed by atoms with E-state index in [1.54, 1.807) is 0 Å². The Hall–Kier alpha value is -2.21. The summed E-state index contributed by atoms with van der Waals surface area (Å²) in [6.07, 6.45) is 0.563. The van der Waals surface area contributed by atoms with E-state index >= 15 is 0 Å². The van der Waals surface area contributed by atoms with Crippen molar-refractivity contribution in [2.75, 3.05) is 18.1 Å².